The fraction of sp³-hybridized carbons (Fsp3) is 0.250. The smallest absolute Gasteiger partial charge is 0.229 e. The fourth-order valence-electron chi connectivity index (χ4n) is 2.50. The molecule has 0 aliphatic rings. The van der Waals surface area contributed by atoms with Crippen LogP contribution in [-0.4, -0.2) is 30.5 Å². The Morgan fingerprint density at radius 2 is 2.09 bits per heavy atom. The van der Waals surface area contributed by atoms with Gasteiger partial charge in [-0.3, -0.25) is 9.48 Å². The lowest BCUT2D eigenvalue weighted by atomic mass is 10.1. The van der Waals surface area contributed by atoms with Crippen LogP contribution in [0, 0.1) is 13.8 Å². The summed E-state index contributed by atoms with van der Waals surface area (Å²) < 4.78 is 3.41. The number of pyridine rings is 1. The van der Waals surface area contributed by atoms with Crippen molar-refractivity contribution in [3.8, 4) is 5.82 Å². The van der Waals surface area contributed by atoms with Gasteiger partial charge in [0.25, 0.3) is 0 Å². The highest BCUT2D eigenvalue weighted by molar-refractivity contribution is 5.94. The summed E-state index contributed by atoms with van der Waals surface area (Å²) in [4.78, 5) is 16.7. The van der Waals surface area contributed by atoms with Gasteiger partial charge < -0.3 is 5.32 Å². The molecule has 0 spiro atoms. The number of hydrogen-bond donors (Lipinski definition) is 1. The molecule has 3 rings (SSSR count). The van der Waals surface area contributed by atoms with Gasteiger partial charge in [0.05, 0.1) is 17.8 Å². The van der Waals surface area contributed by atoms with Crippen LogP contribution in [0.4, 0.5) is 5.69 Å². The molecule has 23 heavy (non-hydrogen) atoms. The number of aryl methyl sites for hydroxylation is 2. The largest absolute Gasteiger partial charge is 0.323 e. The first-order chi connectivity index (χ1) is 11.1. The number of carbonyl (C=O) groups is 1. The molecule has 7 heteroatoms. The summed E-state index contributed by atoms with van der Waals surface area (Å²) in [6, 6.07) is 5.40. The molecule has 3 heterocycles. The van der Waals surface area contributed by atoms with Gasteiger partial charge in [0.1, 0.15) is 0 Å². The standard InChI is InChI=1S/C16H18N6O/c1-11-13(12(2)21(3)20-11)10-15(23)19-14-6-4-7-17-16(14)22-9-5-8-18-22/h4-9H,10H2,1-3H3,(H,19,23). The SMILES string of the molecule is Cc1nn(C)c(C)c1CC(=O)Nc1cccnc1-n1cccn1. The summed E-state index contributed by atoms with van der Waals surface area (Å²) >= 11 is 0. The van der Waals surface area contributed by atoms with Gasteiger partial charge in [-0.1, -0.05) is 0 Å². The molecular weight excluding hydrogens is 292 g/mol. The van der Waals surface area contributed by atoms with Gasteiger partial charge in [-0.2, -0.15) is 10.2 Å². The number of amides is 1. The second kappa shape index (κ2) is 6.04. The molecular formula is C16H18N6O. The number of nitrogens with zero attached hydrogens (tertiary/aromatic N) is 5. The highest BCUT2D eigenvalue weighted by Crippen LogP contribution is 2.18. The first-order valence-electron chi connectivity index (χ1n) is 7.30. The molecule has 3 aromatic rings. The maximum Gasteiger partial charge on any atom is 0.229 e. The Balaban J connectivity index is 1.81. The van der Waals surface area contributed by atoms with Crippen LogP contribution in [0.5, 0.6) is 0 Å². The Bertz CT molecular complexity index is 834. The van der Waals surface area contributed by atoms with Gasteiger partial charge in [0, 0.05) is 36.9 Å². The molecule has 0 bridgehead atoms. The first kappa shape index (κ1) is 15.0. The highest BCUT2D eigenvalue weighted by atomic mass is 16.1. The summed E-state index contributed by atoms with van der Waals surface area (Å²) in [5, 5.41) is 11.4. The van der Waals surface area contributed by atoms with E-state index in [9.17, 15) is 4.79 Å². The molecule has 0 unspecified atom stereocenters. The van der Waals surface area contributed by atoms with Crippen molar-refractivity contribution in [3.05, 3.63) is 53.7 Å². The van der Waals surface area contributed by atoms with Crippen molar-refractivity contribution < 1.29 is 4.79 Å². The normalized spacial score (nSPS) is 10.7. The number of hydrogen-bond acceptors (Lipinski definition) is 4. The average molecular weight is 310 g/mol. The van der Waals surface area contributed by atoms with Crippen LogP contribution in [0.25, 0.3) is 5.82 Å². The molecule has 118 valence electrons. The van der Waals surface area contributed by atoms with E-state index in [0.717, 1.165) is 17.0 Å². The Morgan fingerprint density at radius 1 is 1.26 bits per heavy atom. The second-order valence-corrected chi connectivity index (χ2v) is 5.32. The molecule has 0 aromatic carbocycles. The zero-order chi connectivity index (χ0) is 16.4. The first-order valence-corrected chi connectivity index (χ1v) is 7.30. The number of aromatic nitrogens is 5. The minimum absolute atomic E-state index is 0.106. The van der Waals surface area contributed by atoms with E-state index in [4.69, 9.17) is 0 Å². The van der Waals surface area contributed by atoms with Gasteiger partial charge in [-0.25, -0.2) is 9.67 Å². The Hall–Kier alpha value is -2.96. The molecule has 0 atom stereocenters. The summed E-state index contributed by atoms with van der Waals surface area (Å²) in [5.74, 6) is 0.482. The van der Waals surface area contributed by atoms with Crippen molar-refractivity contribution in [2.75, 3.05) is 5.32 Å². The van der Waals surface area contributed by atoms with Crippen LogP contribution in [-0.2, 0) is 18.3 Å². The van der Waals surface area contributed by atoms with E-state index in [2.05, 4.69) is 20.5 Å². The van der Waals surface area contributed by atoms with Crippen molar-refractivity contribution in [2.45, 2.75) is 20.3 Å². The van der Waals surface area contributed by atoms with Crippen LogP contribution in [0.3, 0.4) is 0 Å². The van der Waals surface area contributed by atoms with Crippen LogP contribution in [0.2, 0.25) is 0 Å². The average Bonchev–Trinajstić information content (AvgIpc) is 3.13. The third-order valence-electron chi connectivity index (χ3n) is 3.78. The molecule has 1 amide bonds. The lowest BCUT2D eigenvalue weighted by Crippen LogP contribution is -2.17. The second-order valence-electron chi connectivity index (χ2n) is 5.32. The predicted molar refractivity (Wildman–Crippen MR) is 86.4 cm³/mol. The van der Waals surface area contributed by atoms with E-state index in [1.807, 2.05) is 33.0 Å². The zero-order valence-electron chi connectivity index (χ0n) is 13.3. The van der Waals surface area contributed by atoms with Crippen LogP contribution in [0.15, 0.2) is 36.8 Å². The van der Waals surface area contributed by atoms with Crippen molar-refractivity contribution in [1.82, 2.24) is 24.5 Å². The maximum absolute atomic E-state index is 12.4. The molecule has 0 aliphatic carbocycles. The summed E-state index contributed by atoms with van der Waals surface area (Å²) in [5.41, 5.74) is 3.45. The van der Waals surface area contributed by atoms with Gasteiger partial charge in [0.2, 0.25) is 5.91 Å². The Labute approximate surface area is 134 Å². The van der Waals surface area contributed by atoms with Crippen molar-refractivity contribution in [3.63, 3.8) is 0 Å². The summed E-state index contributed by atoms with van der Waals surface area (Å²) in [7, 11) is 1.88. The lowest BCUT2D eigenvalue weighted by molar-refractivity contribution is -0.115. The lowest BCUT2D eigenvalue weighted by Gasteiger charge is -2.10. The monoisotopic (exact) mass is 310 g/mol. The van der Waals surface area contributed by atoms with Crippen LogP contribution >= 0.6 is 0 Å². The van der Waals surface area contributed by atoms with E-state index in [-0.39, 0.29) is 12.3 Å². The van der Waals surface area contributed by atoms with E-state index in [0.29, 0.717) is 11.5 Å². The predicted octanol–water partition coefficient (Wildman–Crippen LogP) is 1.80. The zero-order valence-corrected chi connectivity index (χ0v) is 13.3. The van der Waals surface area contributed by atoms with E-state index < -0.39 is 0 Å². The minimum Gasteiger partial charge on any atom is -0.323 e. The Kier molecular flexibility index (Phi) is 3.92. The van der Waals surface area contributed by atoms with Gasteiger partial charge in [0.15, 0.2) is 5.82 Å². The fourth-order valence-corrected chi connectivity index (χ4v) is 2.50. The third-order valence-corrected chi connectivity index (χ3v) is 3.78. The number of rotatable bonds is 4. The summed E-state index contributed by atoms with van der Waals surface area (Å²) in [6.07, 6.45) is 5.40. The molecule has 0 radical (unpaired) electrons. The number of nitrogens with one attached hydrogen (secondary N) is 1. The molecule has 0 saturated carbocycles. The third kappa shape index (κ3) is 2.98. The van der Waals surface area contributed by atoms with Gasteiger partial charge >= 0.3 is 0 Å². The van der Waals surface area contributed by atoms with Gasteiger partial charge in [-0.15, -0.1) is 0 Å². The van der Waals surface area contributed by atoms with E-state index in [1.54, 1.807) is 34.0 Å². The highest BCUT2D eigenvalue weighted by Gasteiger charge is 2.15. The van der Waals surface area contributed by atoms with Crippen molar-refractivity contribution in [1.29, 1.82) is 0 Å². The molecule has 1 N–H and O–H groups in total. The molecule has 7 nitrogen and oxygen atoms in total. The van der Waals surface area contributed by atoms with E-state index >= 15 is 0 Å². The molecule has 0 aliphatic heterocycles. The minimum atomic E-state index is -0.106. The van der Waals surface area contributed by atoms with Crippen molar-refractivity contribution in [2.24, 2.45) is 7.05 Å². The van der Waals surface area contributed by atoms with E-state index in [1.165, 1.54) is 0 Å². The van der Waals surface area contributed by atoms with Crippen LogP contribution < -0.4 is 5.32 Å². The number of anilines is 1. The quantitative estimate of drug-likeness (QED) is 0.797. The Morgan fingerprint density at radius 3 is 2.74 bits per heavy atom. The molecule has 0 saturated heterocycles. The van der Waals surface area contributed by atoms with Crippen molar-refractivity contribution >= 4 is 11.6 Å². The topological polar surface area (TPSA) is 77.6 Å². The molecule has 3 aromatic heterocycles. The summed E-state index contributed by atoms with van der Waals surface area (Å²) in [6.45, 7) is 3.87. The maximum atomic E-state index is 12.4. The number of carbonyl (C=O) groups excluding carboxylic acids is 1. The molecule has 0 fully saturated rings. The van der Waals surface area contributed by atoms with Gasteiger partial charge in [-0.05, 0) is 32.0 Å². The van der Waals surface area contributed by atoms with Crippen LogP contribution in [0.1, 0.15) is 17.0 Å².